The smallest absolute Gasteiger partial charge is 0.264 e. The molecule has 35 heavy (non-hydrogen) atoms. The monoisotopic (exact) mass is 530 g/mol. The van der Waals surface area contributed by atoms with Crippen molar-refractivity contribution < 1.29 is 13.2 Å². The highest BCUT2D eigenvalue weighted by Crippen LogP contribution is 2.26. The summed E-state index contributed by atoms with van der Waals surface area (Å²) in [6.07, 6.45) is 0.790. The molecule has 1 N–H and O–H groups in total. The van der Waals surface area contributed by atoms with Gasteiger partial charge in [0, 0.05) is 17.3 Å². The lowest BCUT2D eigenvalue weighted by Crippen LogP contribution is -2.41. The normalized spacial score (nSPS) is 11.3. The Hall–Kier alpha value is -2.48. The van der Waals surface area contributed by atoms with Crippen LogP contribution in [0, 0.1) is 20.8 Å². The molecule has 0 aromatic heterocycles. The fourth-order valence-electron chi connectivity index (χ4n) is 3.39. The van der Waals surface area contributed by atoms with Gasteiger partial charge in [0.05, 0.1) is 10.6 Å². The lowest BCUT2D eigenvalue weighted by molar-refractivity contribution is -0.119. The van der Waals surface area contributed by atoms with E-state index in [1.807, 2.05) is 57.2 Å². The number of rotatable bonds is 11. The molecule has 3 aromatic carbocycles. The second kappa shape index (κ2) is 12.5. The summed E-state index contributed by atoms with van der Waals surface area (Å²) in [4.78, 5) is 12.9. The number of sulfonamides is 1. The van der Waals surface area contributed by atoms with E-state index in [4.69, 9.17) is 11.6 Å². The molecule has 0 aliphatic rings. The number of thioether (sulfide) groups is 1. The first-order chi connectivity index (χ1) is 16.7. The van der Waals surface area contributed by atoms with Crippen molar-refractivity contribution in [2.24, 2.45) is 0 Å². The quantitative estimate of drug-likeness (QED) is 0.313. The van der Waals surface area contributed by atoms with Gasteiger partial charge in [-0.25, -0.2) is 8.42 Å². The molecule has 3 aromatic rings. The van der Waals surface area contributed by atoms with E-state index in [0.717, 1.165) is 39.6 Å². The average molecular weight is 531 g/mol. The van der Waals surface area contributed by atoms with Crippen LogP contribution in [0.3, 0.4) is 0 Å². The number of aryl methyl sites for hydroxylation is 3. The standard InChI is InChI=1S/C27H31ClN2O3S2/c1-20-5-13-26(14-6-20)35(32,33)30(25-12-7-21(2)22(3)17-25)18-27(31)29-15-4-16-34-19-23-8-10-24(28)11-9-23/h5-14,17H,4,15-16,18-19H2,1-3H3,(H,29,31). The highest BCUT2D eigenvalue weighted by atomic mass is 35.5. The number of amides is 1. The number of anilines is 1. The van der Waals surface area contributed by atoms with Gasteiger partial charge >= 0.3 is 0 Å². The van der Waals surface area contributed by atoms with Crippen molar-refractivity contribution in [3.63, 3.8) is 0 Å². The molecule has 5 nitrogen and oxygen atoms in total. The van der Waals surface area contributed by atoms with Crippen LogP contribution < -0.4 is 9.62 Å². The first-order valence-electron chi connectivity index (χ1n) is 11.4. The van der Waals surface area contributed by atoms with Gasteiger partial charge < -0.3 is 5.32 Å². The average Bonchev–Trinajstić information content (AvgIpc) is 2.83. The van der Waals surface area contributed by atoms with Gasteiger partial charge in [-0.3, -0.25) is 9.10 Å². The van der Waals surface area contributed by atoms with Crippen molar-refractivity contribution in [2.45, 2.75) is 37.8 Å². The van der Waals surface area contributed by atoms with Gasteiger partial charge in [-0.05, 0) is 86.0 Å². The van der Waals surface area contributed by atoms with Gasteiger partial charge in [0.2, 0.25) is 5.91 Å². The van der Waals surface area contributed by atoms with Crippen LogP contribution in [0.2, 0.25) is 5.02 Å². The minimum atomic E-state index is -3.91. The summed E-state index contributed by atoms with van der Waals surface area (Å²) in [5.74, 6) is 1.42. The lowest BCUT2D eigenvalue weighted by atomic mass is 10.1. The number of halogens is 1. The second-order valence-electron chi connectivity index (χ2n) is 8.48. The van der Waals surface area contributed by atoms with E-state index >= 15 is 0 Å². The van der Waals surface area contributed by atoms with E-state index in [0.29, 0.717) is 12.2 Å². The molecule has 186 valence electrons. The molecule has 8 heteroatoms. The number of carbonyl (C=O) groups excluding carboxylic acids is 1. The zero-order valence-electron chi connectivity index (χ0n) is 20.3. The molecule has 0 bridgehead atoms. The molecule has 0 atom stereocenters. The van der Waals surface area contributed by atoms with Crippen LogP contribution in [-0.4, -0.2) is 33.2 Å². The second-order valence-corrected chi connectivity index (χ2v) is 11.9. The Bertz CT molecular complexity index is 1240. The number of nitrogens with one attached hydrogen (secondary N) is 1. The molecule has 0 unspecified atom stereocenters. The molecule has 0 spiro atoms. The topological polar surface area (TPSA) is 66.5 Å². The minimum absolute atomic E-state index is 0.160. The highest BCUT2D eigenvalue weighted by molar-refractivity contribution is 7.98. The van der Waals surface area contributed by atoms with E-state index in [1.165, 1.54) is 9.87 Å². The molecule has 0 aliphatic carbocycles. The number of nitrogens with zero attached hydrogens (tertiary/aromatic N) is 1. The third-order valence-corrected chi connectivity index (χ3v) is 8.80. The minimum Gasteiger partial charge on any atom is -0.354 e. The molecule has 0 saturated heterocycles. The van der Waals surface area contributed by atoms with E-state index in [2.05, 4.69) is 5.32 Å². The van der Waals surface area contributed by atoms with Crippen LogP contribution in [0.25, 0.3) is 0 Å². The predicted molar refractivity (Wildman–Crippen MR) is 147 cm³/mol. The summed E-state index contributed by atoms with van der Waals surface area (Å²) in [7, 11) is -3.91. The number of hydrogen-bond donors (Lipinski definition) is 1. The largest absolute Gasteiger partial charge is 0.354 e. The molecule has 0 saturated carbocycles. The third-order valence-electron chi connectivity index (χ3n) is 5.64. The summed E-state index contributed by atoms with van der Waals surface area (Å²) in [6, 6.07) is 19.9. The summed E-state index contributed by atoms with van der Waals surface area (Å²) >= 11 is 7.69. The van der Waals surface area contributed by atoms with Crippen molar-refractivity contribution in [1.82, 2.24) is 5.32 Å². The van der Waals surface area contributed by atoms with Gasteiger partial charge in [-0.15, -0.1) is 0 Å². The van der Waals surface area contributed by atoms with Gasteiger partial charge in [0.1, 0.15) is 6.54 Å². The fraction of sp³-hybridized carbons (Fsp3) is 0.296. The lowest BCUT2D eigenvalue weighted by Gasteiger charge is -2.25. The zero-order chi connectivity index (χ0) is 25.4. The zero-order valence-corrected chi connectivity index (χ0v) is 22.6. The van der Waals surface area contributed by atoms with Gasteiger partial charge in [-0.2, -0.15) is 11.8 Å². The van der Waals surface area contributed by atoms with E-state index in [9.17, 15) is 13.2 Å². The maximum atomic E-state index is 13.5. The molecule has 0 radical (unpaired) electrons. The Morgan fingerprint density at radius 3 is 2.29 bits per heavy atom. The van der Waals surface area contributed by atoms with Crippen LogP contribution >= 0.6 is 23.4 Å². The summed E-state index contributed by atoms with van der Waals surface area (Å²) in [6.45, 7) is 6.00. The van der Waals surface area contributed by atoms with Crippen molar-refractivity contribution in [3.05, 3.63) is 94.0 Å². The molecule has 1 amide bonds. The molecular weight excluding hydrogens is 500 g/mol. The predicted octanol–water partition coefficient (Wildman–Crippen LogP) is 5.90. The number of hydrogen-bond acceptors (Lipinski definition) is 4. The van der Waals surface area contributed by atoms with Gasteiger partial charge in [-0.1, -0.05) is 47.5 Å². The van der Waals surface area contributed by atoms with Crippen molar-refractivity contribution >= 4 is 45.0 Å². The van der Waals surface area contributed by atoms with Crippen molar-refractivity contribution in [2.75, 3.05) is 23.1 Å². The van der Waals surface area contributed by atoms with Crippen LogP contribution in [-0.2, 0) is 20.6 Å². The first-order valence-corrected chi connectivity index (χ1v) is 14.4. The molecule has 0 heterocycles. The first kappa shape index (κ1) is 27.1. The number of benzene rings is 3. The van der Waals surface area contributed by atoms with Gasteiger partial charge in [0.15, 0.2) is 0 Å². The summed E-state index contributed by atoms with van der Waals surface area (Å²) in [5.41, 5.74) is 4.66. The van der Waals surface area contributed by atoms with E-state index in [-0.39, 0.29) is 17.3 Å². The van der Waals surface area contributed by atoms with E-state index < -0.39 is 10.0 Å². The van der Waals surface area contributed by atoms with Crippen LogP contribution in [0.1, 0.15) is 28.7 Å². The maximum Gasteiger partial charge on any atom is 0.264 e. The highest BCUT2D eigenvalue weighted by Gasteiger charge is 2.27. The summed E-state index contributed by atoms with van der Waals surface area (Å²) in [5, 5.41) is 3.59. The Labute approximate surface area is 217 Å². The van der Waals surface area contributed by atoms with E-state index in [1.54, 1.807) is 42.1 Å². The molecule has 0 aliphatic heterocycles. The maximum absolute atomic E-state index is 13.5. The molecule has 0 fully saturated rings. The Morgan fingerprint density at radius 1 is 0.943 bits per heavy atom. The van der Waals surface area contributed by atoms with Crippen LogP contribution in [0.15, 0.2) is 71.6 Å². The van der Waals surface area contributed by atoms with Crippen LogP contribution in [0.4, 0.5) is 5.69 Å². The van der Waals surface area contributed by atoms with Gasteiger partial charge in [0.25, 0.3) is 10.0 Å². The summed E-state index contributed by atoms with van der Waals surface area (Å²) < 4.78 is 28.2. The molecule has 3 rings (SSSR count). The molecular formula is C27H31ClN2O3S2. The van der Waals surface area contributed by atoms with Crippen LogP contribution in [0.5, 0.6) is 0 Å². The van der Waals surface area contributed by atoms with Crippen molar-refractivity contribution in [3.8, 4) is 0 Å². The third kappa shape index (κ3) is 7.75. The SMILES string of the molecule is Cc1ccc(S(=O)(=O)N(CC(=O)NCCCSCc2ccc(Cl)cc2)c2ccc(C)c(C)c2)cc1. The Morgan fingerprint density at radius 2 is 1.63 bits per heavy atom. The Kier molecular flexibility index (Phi) is 9.66. The Balaban J connectivity index is 1.61. The van der Waals surface area contributed by atoms with Crippen molar-refractivity contribution in [1.29, 1.82) is 0 Å². The fourth-order valence-corrected chi connectivity index (χ4v) is 5.85. The number of carbonyl (C=O) groups is 1.